The Morgan fingerprint density at radius 1 is 0.900 bits per heavy atom. The molecule has 0 spiro atoms. The zero-order chi connectivity index (χ0) is 15.4. The molecule has 0 heterocycles. The number of carboxylic acids is 1. The zero-order valence-corrected chi connectivity index (χ0v) is 13.4. The Balaban J connectivity index is 4.59. The lowest BCUT2D eigenvalue weighted by Gasteiger charge is -2.25. The van der Waals surface area contributed by atoms with Crippen molar-refractivity contribution in [1.29, 1.82) is 0 Å². The number of rotatable bonds is 12. The third-order valence-electron chi connectivity index (χ3n) is 3.55. The normalized spacial score (nSPS) is 12.2. The molecule has 0 aliphatic rings. The SMILES string of the molecule is CCCCCN(CCCCC)C(=O)C(CCC)C(=O)O. The number of nitrogens with zero attached hydrogens (tertiary/aromatic N) is 1. The maximum absolute atomic E-state index is 12.4. The molecule has 4 heteroatoms. The largest absolute Gasteiger partial charge is 0.481 e. The Labute approximate surface area is 123 Å². The highest BCUT2D eigenvalue weighted by molar-refractivity contribution is 5.96. The number of aliphatic carboxylic acids is 1. The molecule has 20 heavy (non-hydrogen) atoms. The van der Waals surface area contributed by atoms with Crippen LogP contribution in [-0.2, 0) is 9.59 Å². The van der Waals surface area contributed by atoms with E-state index in [4.69, 9.17) is 0 Å². The number of amides is 1. The number of unbranched alkanes of at least 4 members (excludes halogenated alkanes) is 4. The Bertz CT molecular complexity index is 269. The number of hydrogen-bond acceptors (Lipinski definition) is 2. The van der Waals surface area contributed by atoms with Gasteiger partial charge in [-0.15, -0.1) is 0 Å². The van der Waals surface area contributed by atoms with Gasteiger partial charge in [0.1, 0.15) is 5.92 Å². The van der Waals surface area contributed by atoms with Crippen LogP contribution in [0.15, 0.2) is 0 Å². The van der Waals surface area contributed by atoms with Crippen LogP contribution < -0.4 is 0 Å². The van der Waals surface area contributed by atoms with E-state index >= 15 is 0 Å². The minimum absolute atomic E-state index is 0.188. The molecule has 4 nitrogen and oxygen atoms in total. The van der Waals surface area contributed by atoms with Gasteiger partial charge >= 0.3 is 5.97 Å². The van der Waals surface area contributed by atoms with E-state index in [9.17, 15) is 14.7 Å². The molecule has 0 aliphatic carbocycles. The standard InChI is InChI=1S/C16H31NO3/c1-4-7-9-12-17(13-10-8-5-2)15(18)14(11-6-3)16(19)20/h14H,4-13H2,1-3H3,(H,19,20). The van der Waals surface area contributed by atoms with E-state index in [2.05, 4.69) is 13.8 Å². The van der Waals surface area contributed by atoms with Gasteiger partial charge < -0.3 is 10.0 Å². The van der Waals surface area contributed by atoms with Gasteiger partial charge in [-0.25, -0.2) is 0 Å². The minimum atomic E-state index is -0.979. The fourth-order valence-corrected chi connectivity index (χ4v) is 2.30. The van der Waals surface area contributed by atoms with E-state index in [1.165, 1.54) is 0 Å². The quantitative estimate of drug-likeness (QED) is 0.439. The molecule has 0 saturated heterocycles. The summed E-state index contributed by atoms with van der Waals surface area (Å²) in [5.74, 6) is -2.03. The second-order valence-corrected chi connectivity index (χ2v) is 5.42. The van der Waals surface area contributed by atoms with Crippen molar-refractivity contribution < 1.29 is 14.7 Å². The first-order valence-corrected chi connectivity index (χ1v) is 8.09. The maximum Gasteiger partial charge on any atom is 0.316 e. The molecule has 0 radical (unpaired) electrons. The summed E-state index contributed by atoms with van der Waals surface area (Å²) in [6, 6.07) is 0. The number of carboxylic acid groups (broad SMARTS) is 1. The van der Waals surface area contributed by atoms with Crippen molar-refractivity contribution in [3.8, 4) is 0 Å². The van der Waals surface area contributed by atoms with Crippen molar-refractivity contribution in [3.05, 3.63) is 0 Å². The third-order valence-corrected chi connectivity index (χ3v) is 3.55. The lowest BCUT2D eigenvalue weighted by Crippen LogP contribution is -2.40. The molecular weight excluding hydrogens is 254 g/mol. The molecule has 1 unspecified atom stereocenters. The van der Waals surface area contributed by atoms with Crippen LogP contribution in [0.1, 0.15) is 72.1 Å². The molecule has 0 aromatic heterocycles. The minimum Gasteiger partial charge on any atom is -0.481 e. The predicted molar refractivity (Wildman–Crippen MR) is 81.7 cm³/mol. The number of carbonyl (C=O) groups is 2. The second-order valence-electron chi connectivity index (χ2n) is 5.42. The number of carbonyl (C=O) groups excluding carboxylic acids is 1. The van der Waals surface area contributed by atoms with Crippen molar-refractivity contribution in [2.24, 2.45) is 5.92 Å². The molecule has 118 valence electrons. The Hall–Kier alpha value is -1.06. The fraction of sp³-hybridized carbons (Fsp3) is 0.875. The predicted octanol–water partition coefficient (Wildman–Crippen LogP) is 3.70. The van der Waals surface area contributed by atoms with Crippen molar-refractivity contribution in [2.45, 2.75) is 72.1 Å². The number of hydrogen-bond donors (Lipinski definition) is 1. The van der Waals surface area contributed by atoms with Crippen molar-refractivity contribution in [1.82, 2.24) is 4.90 Å². The smallest absolute Gasteiger partial charge is 0.316 e. The molecule has 1 atom stereocenters. The van der Waals surface area contributed by atoms with Gasteiger partial charge in [0.2, 0.25) is 5.91 Å². The molecule has 1 N–H and O–H groups in total. The molecule has 1 amide bonds. The Morgan fingerprint density at radius 3 is 1.75 bits per heavy atom. The highest BCUT2D eigenvalue weighted by Crippen LogP contribution is 2.13. The van der Waals surface area contributed by atoms with Crippen LogP contribution in [-0.4, -0.2) is 35.0 Å². The average Bonchev–Trinajstić information content (AvgIpc) is 2.42. The van der Waals surface area contributed by atoms with Gasteiger partial charge in [-0.3, -0.25) is 9.59 Å². The summed E-state index contributed by atoms with van der Waals surface area (Å²) in [7, 11) is 0. The molecule has 0 saturated carbocycles. The van der Waals surface area contributed by atoms with Gasteiger partial charge in [0.25, 0.3) is 0 Å². The van der Waals surface area contributed by atoms with Gasteiger partial charge in [0, 0.05) is 13.1 Å². The van der Waals surface area contributed by atoms with Crippen LogP contribution in [0.2, 0.25) is 0 Å². The van der Waals surface area contributed by atoms with E-state index in [0.29, 0.717) is 19.5 Å². The van der Waals surface area contributed by atoms with E-state index in [1.807, 2.05) is 6.92 Å². The molecule has 0 aliphatic heterocycles. The summed E-state index contributed by atoms with van der Waals surface area (Å²) >= 11 is 0. The molecule has 0 aromatic rings. The highest BCUT2D eigenvalue weighted by Gasteiger charge is 2.29. The van der Waals surface area contributed by atoms with E-state index in [-0.39, 0.29) is 5.91 Å². The first-order chi connectivity index (χ1) is 9.58. The monoisotopic (exact) mass is 285 g/mol. The van der Waals surface area contributed by atoms with E-state index in [1.54, 1.807) is 4.90 Å². The van der Waals surface area contributed by atoms with Crippen molar-refractivity contribution in [2.75, 3.05) is 13.1 Å². The summed E-state index contributed by atoms with van der Waals surface area (Å²) in [6.45, 7) is 7.57. The van der Waals surface area contributed by atoms with Crippen LogP contribution in [0.25, 0.3) is 0 Å². The van der Waals surface area contributed by atoms with Gasteiger partial charge in [0.15, 0.2) is 0 Å². The Kier molecular flexibility index (Phi) is 11.1. The molecule has 0 fully saturated rings. The molecule has 0 rings (SSSR count). The summed E-state index contributed by atoms with van der Waals surface area (Å²) in [6.07, 6.45) is 7.47. The Morgan fingerprint density at radius 2 is 1.40 bits per heavy atom. The second kappa shape index (κ2) is 11.7. The maximum atomic E-state index is 12.4. The van der Waals surface area contributed by atoms with Gasteiger partial charge in [-0.05, 0) is 19.3 Å². The third kappa shape index (κ3) is 7.51. The van der Waals surface area contributed by atoms with Crippen LogP contribution in [0.5, 0.6) is 0 Å². The summed E-state index contributed by atoms with van der Waals surface area (Å²) in [5.41, 5.74) is 0. The zero-order valence-electron chi connectivity index (χ0n) is 13.4. The summed E-state index contributed by atoms with van der Waals surface area (Å²) < 4.78 is 0. The topological polar surface area (TPSA) is 57.6 Å². The van der Waals surface area contributed by atoms with Gasteiger partial charge in [-0.2, -0.15) is 0 Å². The van der Waals surface area contributed by atoms with Crippen LogP contribution in [0.4, 0.5) is 0 Å². The average molecular weight is 285 g/mol. The fourth-order valence-electron chi connectivity index (χ4n) is 2.30. The summed E-state index contributed by atoms with van der Waals surface area (Å²) in [4.78, 5) is 25.4. The van der Waals surface area contributed by atoms with Crippen LogP contribution >= 0.6 is 0 Å². The first kappa shape index (κ1) is 18.9. The van der Waals surface area contributed by atoms with E-state index in [0.717, 1.165) is 44.9 Å². The van der Waals surface area contributed by atoms with Gasteiger partial charge in [-0.1, -0.05) is 52.9 Å². The molecular formula is C16H31NO3. The highest BCUT2D eigenvalue weighted by atomic mass is 16.4. The summed E-state index contributed by atoms with van der Waals surface area (Å²) in [5, 5.41) is 9.22. The lowest BCUT2D eigenvalue weighted by molar-refractivity contribution is -0.151. The van der Waals surface area contributed by atoms with Gasteiger partial charge in [0.05, 0.1) is 0 Å². The molecule has 0 aromatic carbocycles. The van der Waals surface area contributed by atoms with E-state index < -0.39 is 11.9 Å². The lowest BCUT2D eigenvalue weighted by atomic mass is 10.0. The van der Waals surface area contributed by atoms with Crippen molar-refractivity contribution >= 4 is 11.9 Å². The van der Waals surface area contributed by atoms with Crippen molar-refractivity contribution in [3.63, 3.8) is 0 Å². The molecule has 0 bridgehead atoms. The first-order valence-electron chi connectivity index (χ1n) is 8.09. The van der Waals surface area contributed by atoms with Crippen LogP contribution in [0, 0.1) is 5.92 Å². The van der Waals surface area contributed by atoms with Crippen LogP contribution in [0.3, 0.4) is 0 Å².